The van der Waals surface area contributed by atoms with Gasteiger partial charge in [0.2, 0.25) is 5.91 Å². The van der Waals surface area contributed by atoms with Crippen LogP contribution in [0.4, 0.5) is 0 Å². The van der Waals surface area contributed by atoms with Gasteiger partial charge in [0.1, 0.15) is 11.5 Å². The van der Waals surface area contributed by atoms with Crippen LogP contribution < -0.4 is 9.47 Å². The number of likely N-dealkylation sites (tertiary alicyclic amines) is 2. The van der Waals surface area contributed by atoms with Gasteiger partial charge in [-0.3, -0.25) is 14.8 Å². The average molecular weight is 427 g/mol. The Bertz CT molecular complexity index is 828. The molecule has 7 heteroatoms. The largest absolute Gasteiger partial charge is 0.497 e. The van der Waals surface area contributed by atoms with Crippen molar-refractivity contribution in [3.63, 3.8) is 0 Å². The molecule has 0 unspecified atom stereocenters. The van der Waals surface area contributed by atoms with E-state index in [0.717, 1.165) is 61.9 Å². The Hall–Kier alpha value is -2.54. The Morgan fingerprint density at radius 2 is 1.84 bits per heavy atom. The van der Waals surface area contributed by atoms with Gasteiger partial charge in [-0.1, -0.05) is 12.8 Å². The molecule has 4 rings (SSSR count). The van der Waals surface area contributed by atoms with Gasteiger partial charge < -0.3 is 14.4 Å². The second-order valence-electron chi connectivity index (χ2n) is 8.61. The summed E-state index contributed by atoms with van der Waals surface area (Å²) in [5.41, 5.74) is 2.13. The summed E-state index contributed by atoms with van der Waals surface area (Å²) in [5, 5.41) is 7.67. The number of aromatic amines is 1. The highest BCUT2D eigenvalue weighted by Gasteiger charge is 2.29. The fourth-order valence-electron chi connectivity index (χ4n) is 4.48. The Morgan fingerprint density at radius 3 is 2.58 bits per heavy atom. The van der Waals surface area contributed by atoms with Crippen molar-refractivity contribution < 1.29 is 14.3 Å². The first-order chi connectivity index (χ1) is 15.2. The molecule has 0 radical (unpaired) electrons. The molecule has 2 aliphatic rings. The third kappa shape index (κ3) is 6.00. The molecule has 7 nitrogen and oxygen atoms in total. The van der Waals surface area contributed by atoms with E-state index in [9.17, 15) is 4.79 Å². The number of carbonyl (C=O) groups excluding carboxylic acids is 1. The zero-order valence-electron chi connectivity index (χ0n) is 18.5. The third-order valence-electron chi connectivity index (χ3n) is 6.37. The summed E-state index contributed by atoms with van der Waals surface area (Å²) < 4.78 is 11.0. The monoisotopic (exact) mass is 426 g/mol. The molecule has 1 aromatic carbocycles. The minimum Gasteiger partial charge on any atom is -0.497 e. The van der Waals surface area contributed by atoms with Crippen molar-refractivity contribution in [2.24, 2.45) is 0 Å². The Kier molecular flexibility index (Phi) is 7.46. The number of hydrogen-bond donors (Lipinski definition) is 1. The summed E-state index contributed by atoms with van der Waals surface area (Å²) in [6.45, 7) is 4.88. The molecule has 2 fully saturated rings. The van der Waals surface area contributed by atoms with E-state index >= 15 is 0 Å². The van der Waals surface area contributed by atoms with Gasteiger partial charge >= 0.3 is 0 Å². The number of nitrogens with zero attached hydrogens (tertiary/aromatic N) is 3. The number of benzene rings is 1. The lowest BCUT2D eigenvalue weighted by atomic mass is 10.0. The molecule has 31 heavy (non-hydrogen) atoms. The van der Waals surface area contributed by atoms with E-state index in [1.807, 2.05) is 29.2 Å². The van der Waals surface area contributed by atoms with Crippen molar-refractivity contribution >= 4 is 5.91 Å². The van der Waals surface area contributed by atoms with Gasteiger partial charge in [-0.25, -0.2) is 0 Å². The molecule has 0 aliphatic carbocycles. The van der Waals surface area contributed by atoms with Crippen molar-refractivity contribution in [3.8, 4) is 11.5 Å². The van der Waals surface area contributed by atoms with E-state index in [0.29, 0.717) is 19.1 Å². The molecule has 1 N–H and O–H groups in total. The quantitative estimate of drug-likeness (QED) is 0.702. The number of carbonyl (C=O) groups is 1. The second-order valence-corrected chi connectivity index (χ2v) is 8.61. The van der Waals surface area contributed by atoms with Crippen molar-refractivity contribution in [1.82, 2.24) is 20.0 Å². The van der Waals surface area contributed by atoms with Crippen LogP contribution in [0.2, 0.25) is 0 Å². The van der Waals surface area contributed by atoms with Crippen LogP contribution in [0, 0.1) is 0 Å². The van der Waals surface area contributed by atoms with Crippen molar-refractivity contribution in [1.29, 1.82) is 0 Å². The van der Waals surface area contributed by atoms with Crippen LogP contribution in [0.3, 0.4) is 0 Å². The highest BCUT2D eigenvalue weighted by atomic mass is 16.5. The molecule has 0 spiro atoms. The minimum absolute atomic E-state index is 0.271. The maximum atomic E-state index is 12.8. The number of rotatable bonds is 8. The number of ether oxygens (including phenoxy) is 2. The summed E-state index contributed by atoms with van der Waals surface area (Å²) in [6, 6.07) is 9.73. The Balaban J connectivity index is 1.22. The van der Waals surface area contributed by atoms with E-state index in [1.54, 1.807) is 7.11 Å². The Morgan fingerprint density at radius 1 is 1.10 bits per heavy atom. The van der Waals surface area contributed by atoms with Gasteiger partial charge in [-0.2, -0.15) is 5.10 Å². The maximum Gasteiger partial charge on any atom is 0.236 e. The summed E-state index contributed by atoms with van der Waals surface area (Å²) in [4.78, 5) is 17.1. The number of aromatic nitrogens is 2. The molecule has 1 atom stereocenters. The lowest BCUT2D eigenvalue weighted by Crippen LogP contribution is -2.39. The molecule has 1 aromatic heterocycles. The molecular formula is C24H34N4O3. The van der Waals surface area contributed by atoms with Gasteiger partial charge in [-0.15, -0.1) is 0 Å². The second kappa shape index (κ2) is 10.7. The number of nitrogens with one attached hydrogen (secondary N) is 1. The lowest BCUT2D eigenvalue weighted by molar-refractivity contribution is -0.131. The molecule has 168 valence electrons. The number of H-pyrrole nitrogens is 1. The smallest absolute Gasteiger partial charge is 0.236 e. The molecule has 0 saturated carbocycles. The van der Waals surface area contributed by atoms with Gasteiger partial charge in [0.05, 0.1) is 26.0 Å². The topological polar surface area (TPSA) is 70.7 Å². The van der Waals surface area contributed by atoms with Gasteiger partial charge in [0.15, 0.2) is 0 Å². The number of methoxy groups -OCH3 is 1. The van der Waals surface area contributed by atoms with E-state index < -0.39 is 0 Å². The average Bonchev–Trinajstić information content (AvgIpc) is 3.39. The van der Waals surface area contributed by atoms with Crippen LogP contribution in [0.25, 0.3) is 0 Å². The van der Waals surface area contributed by atoms with Gasteiger partial charge in [0, 0.05) is 31.1 Å². The fourth-order valence-corrected chi connectivity index (χ4v) is 4.48. The van der Waals surface area contributed by atoms with Crippen LogP contribution >= 0.6 is 0 Å². The lowest BCUT2D eigenvalue weighted by Gasteiger charge is -2.23. The van der Waals surface area contributed by atoms with Crippen molar-refractivity contribution in [2.75, 3.05) is 46.4 Å². The van der Waals surface area contributed by atoms with Gasteiger partial charge in [0.25, 0.3) is 0 Å². The molecule has 0 bridgehead atoms. The third-order valence-corrected chi connectivity index (χ3v) is 6.37. The number of hydrogen-bond acceptors (Lipinski definition) is 5. The zero-order valence-corrected chi connectivity index (χ0v) is 18.5. The summed E-state index contributed by atoms with van der Waals surface area (Å²) in [6.07, 6.45) is 6.77. The van der Waals surface area contributed by atoms with E-state index in [1.165, 1.54) is 25.7 Å². The SMILES string of the molecule is COc1ccc(OCCc2cc([C@H]3CCN(C(=O)CN4CCCCCC4)C3)n[nH]2)cc1. The first-order valence-electron chi connectivity index (χ1n) is 11.5. The summed E-state index contributed by atoms with van der Waals surface area (Å²) in [5.74, 6) is 2.24. The van der Waals surface area contributed by atoms with Crippen molar-refractivity contribution in [3.05, 3.63) is 41.7 Å². The molecule has 2 aromatic rings. The van der Waals surface area contributed by atoms with Crippen LogP contribution in [0.5, 0.6) is 11.5 Å². The molecule has 2 aliphatic heterocycles. The first kappa shape index (κ1) is 21.7. The van der Waals surface area contributed by atoms with Crippen LogP contribution in [-0.2, 0) is 11.2 Å². The van der Waals surface area contributed by atoms with Crippen molar-refractivity contribution in [2.45, 2.75) is 44.4 Å². The first-order valence-corrected chi connectivity index (χ1v) is 11.5. The van der Waals surface area contributed by atoms with Gasteiger partial charge in [-0.05, 0) is 62.7 Å². The molecule has 2 saturated heterocycles. The molecule has 3 heterocycles. The normalized spacial score (nSPS) is 19.9. The van der Waals surface area contributed by atoms with Crippen LogP contribution in [-0.4, -0.2) is 72.3 Å². The highest BCUT2D eigenvalue weighted by molar-refractivity contribution is 5.78. The summed E-state index contributed by atoms with van der Waals surface area (Å²) >= 11 is 0. The maximum absolute atomic E-state index is 12.8. The van der Waals surface area contributed by atoms with Crippen LogP contribution in [0.1, 0.15) is 49.4 Å². The van der Waals surface area contributed by atoms with E-state index in [4.69, 9.17) is 9.47 Å². The zero-order chi connectivity index (χ0) is 21.5. The Labute approximate surface area is 184 Å². The predicted molar refractivity (Wildman–Crippen MR) is 120 cm³/mol. The molecular weight excluding hydrogens is 392 g/mol. The van der Waals surface area contributed by atoms with E-state index in [2.05, 4.69) is 21.2 Å². The standard InChI is InChI=1S/C24H34N4O3/c1-30-21-6-8-22(9-7-21)31-15-11-20-16-23(26-25-20)19-10-14-28(17-19)24(29)18-27-12-4-2-3-5-13-27/h6-9,16,19H,2-5,10-15,17-18H2,1H3,(H,25,26)/t19-/m0/s1. The van der Waals surface area contributed by atoms with Crippen LogP contribution in [0.15, 0.2) is 30.3 Å². The predicted octanol–water partition coefficient (Wildman–Crippen LogP) is 3.23. The van der Waals surface area contributed by atoms with E-state index in [-0.39, 0.29) is 5.91 Å². The number of amides is 1. The fraction of sp³-hybridized carbons (Fsp3) is 0.583. The highest BCUT2D eigenvalue weighted by Crippen LogP contribution is 2.27. The minimum atomic E-state index is 0.271. The summed E-state index contributed by atoms with van der Waals surface area (Å²) in [7, 11) is 1.65. The molecule has 1 amide bonds.